The number of ether oxygens (including phenoxy) is 1. The Bertz CT molecular complexity index is 636. The second-order valence-corrected chi connectivity index (χ2v) is 5.27. The van der Waals surface area contributed by atoms with Gasteiger partial charge < -0.3 is 14.1 Å². The highest BCUT2D eigenvalue weighted by Crippen LogP contribution is 2.21. The van der Waals surface area contributed by atoms with Crippen molar-refractivity contribution in [1.29, 1.82) is 0 Å². The molecular formula is C16H18N2O3. The van der Waals surface area contributed by atoms with Crippen molar-refractivity contribution in [3.63, 3.8) is 0 Å². The van der Waals surface area contributed by atoms with Gasteiger partial charge in [-0.1, -0.05) is 6.07 Å². The first kappa shape index (κ1) is 13.7. The van der Waals surface area contributed by atoms with Crippen LogP contribution in [0, 0.1) is 13.8 Å². The van der Waals surface area contributed by atoms with Crippen molar-refractivity contribution in [2.24, 2.45) is 0 Å². The van der Waals surface area contributed by atoms with Gasteiger partial charge in [-0.2, -0.15) is 0 Å². The molecule has 0 saturated carbocycles. The van der Waals surface area contributed by atoms with Crippen LogP contribution in [0.25, 0.3) is 0 Å². The summed E-state index contributed by atoms with van der Waals surface area (Å²) in [5, 5.41) is 0. The number of pyridine rings is 1. The fourth-order valence-corrected chi connectivity index (χ4v) is 2.61. The minimum absolute atomic E-state index is 0.00264. The van der Waals surface area contributed by atoms with Crippen LogP contribution in [-0.4, -0.2) is 35.0 Å². The highest BCUT2D eigenvalue weighted by Gasteiger charge is 2.30. The van der Waals surface area contributed by atoms with Crippen LogP contribution in [0.5, 0.6) is 5.88 Å². The van der Waals surface area contributed by atoms with Gasteiger partial charge in [0.15, 0.2) is 0 Å². The summed E-state index contributed by atoms with van der Waals surface area (Å²) in [5.41, 5.74) is 0.644. The first-order valence-electron chi connectivity index (χ1n) is 7.07. The molecule has 0 bridgehead atoms. The molecule has 1 fully saturated rings. The number of aromatic nitrogens is 1. The number of furan rings is 1. The monoisotopic (exact) mass is 286 g/mol. The molecular weight excluding hydrogens is 268 g/mol. The van der Waals surface area contributed by atoms with Gasteiger partial charge in [0.05, 0.1) is 12.1 Å². The lowest BCUT2D eigenvalue weighted by Gasteiger charge is -2.16. The molecule has 0 aliphatic carbocycles. The van der Waals surface area contributed by atoms with Crippen molar-refractivity contribution in [2.75, 3.05) is 13.1 Å². The molecule has 1 saturated heterocycles. The lowest BCUT2D eigenvalue weighted by Crippen LogP contribution is -2.31. The van der Waals surface area contributed by atoms with Crippen molar-refractivity contribution in [2.45, 2.75) is 26.4 Å². The molecule has 0 spiro atoms. The average Bonchev–Trinajstić information content (AvgIpc) is 3.06. The van der Waals surface area contributed by atoms with Crippen LogP contribution in [0.1, 0.15) is 28.3 Å². The number of rotatable bonds is 3. The Labute approximate surface area is 123 Å². The SMILES string of the molecule is Cc1cc(C(=O)N2CCC(Oc3ccccn3)C2)c(C)o1. The topological polar surface area (TPSA) is 55.6 Å². The fourth-order valence-electron chi connectivity index (χ4n) is 2.61. The zero-order chi connectivity index (χ0) is 14.8. The molecule has 0 radical (unpaired) electrons. The van der Waals surface area contributed by atoms with Crippen LogP contribution in [0.2, 0.25) is 0 Å². The summed E-state index contributed by atoms with van der Waals surface area (Å²) >= 11 is 0. The van der Waals surface area contributed by atoms with Crippen molar-refractivity contribution in [3.05, 3.63) is 47.5 Å². The minimum atomic E-state index is -0.00264. The van der Waals surface area contributed by atoms with E-state index in [0.29, 0.717) is 30.3 Å². The van der Waals surface area contributed by atoms with E-state index in [2.05, 4.69) is 4.98 Å². The number of hydrogen-bond donors (Lipinski definition) is 0. The van der Waals surface area contributed by atoms with E-state index in [1.165, 1.54) is 0 Å². The molecule has 0 N–H and O–H groups in total. The van der Waals surface area contributed by atoms with E-state index >= 15 is 0 Å². The zero-order valence-corrected chi connectivity index (χ0v) is 12.2. The number of carbonyl (C=O) groups is 1. The summed E-state index contributed by atoms with van der Waals surface area (Å²) in [6.45, 7) is 4.94. The summed E-state index contributed by atoms with van der Waals surface area (Å²) in [5.74, 6) is 2.05. The zero-order valence-electron chi connectivity index (χ0n) is 12.2. The number of likely N-dealkylation sites (tertiary alicyclic amines) is 1. The maximum atomic E-state index is 12.5. The lowest BCUT2D eigenvalue weighted by molar-refractivity contribution is 0.0769. The Morgan fingerprint density at radius 2 is 2.29 bits per heavy atom. The predicted molar refractivity (Wildman–Crippen MR) is 77.4 cm³/mol. The molecule has 1 atom stereocenters. The van der Waals surface area contributed by atoms with E-state index in [4.69, 9.17) is 9.15 Å². The van der Waals surface area contributed by atoms with Gasteiger partial charge in [0.2, 0.25) is 5.88 Å². The standard InChI is InChI=1S/C16H18N2O3/c1-11-9-14(12(2)20-11)16(19)18-8-6-13(10-18)21-15-5-3-4-7-17-15/h3-5,7,9,13H,6,8,10H2,1-2H3. The van der Waals surface area contributed by atoms with Crippen molar-refractivity contribution < 1.29 is 13.9 Å². The van der Waals surface area contributed by atoms with Crippen LogP contribution in [0.15, 0.2) is 34.9 Å². The molecule has 0 aromatic carbocycles. The first-order chi connectivity index (χ1) is 10.1. The fraction of sp³-hybridized carbons (Fsp3) is 0.375. The molecule has 5 nitrogen and oxygen atoms in total. The van der Waals surface area contributed by atoms with Crippen molar-refractivity contribution in [3.8, 4) is 5.88 Å². The highest BCUT2D eigenvalue weighted by molar-refractivity contribution is 5.95. The summed E-state index contributed by atoms with van der Waals surface area (Å²) in [4.78, 5) is 18.4. The van der Waals surface area contributed by atoms with Gasteiger partial charge >= 0.3 is 0 Å². The van der Waals surface area contributed by atoms with E-state index in [-0.39, 0.29) is 12.0 Å². The number of amides is 1. The van der Waals surface area contributed by atoms with Crippen LogP contribution in [-0.2, 0) is 0 Å². The van der Waals surface area contributed by atoms with Gasteiger partial charge in [-0.3, -0.25) is 4.79 Å². The number of aryl methyl sites for hydroxylation is 2. The molecule has 1 aliphatic heterocycles. The van der Waals surface area contributed by atoms with E-state index in [1.54, 1.807) is 12.3 Å². The van der Waals surface area contributed by atoms with Gasteiger partial charge in [0.1, 0.15) is 17.6 Å². The Morgan fingerprint density at radius 1 is 1.43 bits per heavy atom. The second-order valence-electron chi connectivity index (χ2n) is 5.27. The van der Waals surface area contributed by atoms with Crippen molar-refractivity contribution in [1.82, 2.24) is 9.88 Å². The summed E-state index contributed by atoms with van der Waals surface area (Å²) < 4.78 is 11.2. The Balaban J connectivity index is 1.64. The summed E-state index contributed by atoms with van der Waals surface area (Å²) in [7, 11) is 0. The normalized spacial score (nSPS) is 18.0. The van der Waals surface area contributed by atoms with Gasteiger partial charge in [-0.25, -0.2) is 4.98 Å². The van der Waals surface area contributed by atoms with Crippen LogP contribution >= 0.6 is 0 Å². The third-order valence-electron chi connectivity index (χ3n) is 3.63. The van der Waals surface area contributed by atoms with Gasteiger partial charge in [0.25, 0.3) is 5.91 Å². The molecule has 1 amide bonds. The quantitative estimate of drug-likeness (QED) is 0.870. The molecule has 3 rings (SSSR count). The lowest BCUT2D eigenvalue weighted by atomic mass is 10.2. The Hall–Kier alpha value is -2.30. The van der Waals surface area contributed by atoms with Crippen LogP contribution in [0.3, 0.4) is 0 Å². The third-order valence-corrected chi connectivity index (χ3v) is 3.63. The number of hydrogen-bond acceptors (Lipinski definition) is 4. The smallest absolute Gasteiger partial charge is 0.257 e. The van der Waals surface area contributed by atoms with Gasteiger partial charge in [-0.15, -0.1) is 0 Å². The highest BCUT2D eigenvalue weighted by atomic mass is 16.5. The molecule has 1 aliphatic rings. The maximum Gasteiger partial charge on any atom is 0.257 e. The van der Waals surface area contributed by atoms with Gasteiger partial charge in [-0.05, 0) is 26.0 Å². The molecule has 1 unspecified atom stereocenters. The van der Waals surface area contributed by atoms with E-state index in [1.807, 2.05) is 36.9 Å². The molecule has 5 heteroatoms. The maximum absolute atomic E-state index is 12.5. The summed E-state index contributed by atoms with van der Waals surface area (Å²) in [6.07, 6.45) is 2.51. The van der Waals surface area contributed by atoms with E-state index < -0.39 is 0 Å². The number of nitrogens with zero attached hydrogens (tertiary/aromatic N) is 2. The third kappa shape index (κ3) is 2.91. The average molecular weight is 286 g/mol. The van der Waals surface area contributed by atoms with E-state index in [0.717, 1.165) is 12.2 Å². The Kier molecular flexibility index (Phi) is 3.64. The minimum Gasteiger partial charge on any atom is -0.472 e. The Morgan fingerprint density at radius 3 is 2.95 bits per heavy atom. The largest absolute Gasteiger partial charge is 0.472 e. The molecule has 21 heavy (non-hydrogen) atoms. The molecule has 110 valence electrons. The predicted octanol–water partition coefficient (Wildman–Crippen LogP) is 2.58. The molecule has 3 heterocycles. The number of carbonyl (C=O) groups excluding carboxylic acids is 1. The summed E-state index contributed by atoms with van der Waals surface area (Å²) in [6, 6.07) is 7.36. The van der Waals surface area contributed by atoms with E-state index in [9.17, 15) is 4.79 Å². The molecule has 2 aromatic rings. The molecule has 2 aromatic heterocycles. The first-order valence-corrected chi connectivity index (χ1v) is 7.07. The van der Waals surface area contributed by atoms with Crippen LogP contribution < -0.4 is 4.74 Å². The van der Waals surface area contributed by atoms with Gasteiger partial charge in [0, 0.05) is 25.2 Å². The van der Waals surface area contributed by atoms with Crippen LogP contribution in [0.4, 0.5) is 0 Å². The second kappa shape index (κ2) is 5.60. The van der Waals surface area contributed by atoms with Crippen molar-refractivity contribution >= 4 is 5.91 Å².